The molecule has 41 heavy (non-hydrogen) atoms. The summed E-state index contributed by atoms with van der Waals surface area (Å²) in [6.45, 7) is 9.87. The summed E-state index contributed by atoms with van der Waals surface area (Å²) in [4.78, 5) is 49.2. The number of nitrogens with one attached hydrogen (secondary N) is 1. The summed E-state index contributed by atoms with van der Waals surface area (Å²) in [5.41, 5.74) is 5.48. The first-order chi connectivity index (χ1) is 19.5. The van der Waals surface area contributed by atoms with Crippen molar-refractivity contribution in [2.24, 2.45) is 23.0 Å². The van der Waals surface area contributed by atoms with Gasteiger partial charge in [-0.2, -0.15) is 0 Å². The molecule has 1 aromatic rings. The molecule has 228 valence electrons. The van der Waals surface area contributed by atoms with Crippen molar-refractivity contribution in [3.63, 3.8) is 0 Å². The number of carbonyl (C=O) groups is 3. The van der Waals surface area contributed by atoms with Gasteiger partial charge in [-0.15, -0.1) is 0 Å². The molecular formula is C31H49N5O5. The Kier molecular flexibility index (Phi) is 11.5. The van der Waals surface area contributed by atoms with Crippen LogP contribution >= 0.6 is 0 Å². The van der Waals surface area contributed by atoms with Crippen LogP contribution in [0.2, 0.25) is 0 Å². The average molecular weight is 572 g/mol. The third-order valence-electron chi connectivity index (χ3n) is 8.57. The number of Topliss-reactive ketones (excluding diaryl/α,β-unsaturated/α-hetero) is 1. The quantitative estimate of drug-likeness (QED) is 0.305. The van der Waals surface area contributed by atoms with Crippen LogP contribution in [-0.2, 0) is 20.7 Å². The van der Waals surface area contributed by atoms with Gasteiger partial charge in [-0.1, -0.05) is 47.0 Å². The van der Waals surface area contributed by atoms with Gasteiger partial charge in [0.15, 0.2) is 17.4 Å². The minimum atomic E-state index is -0.786. The Labute approximate surface area is 244 Å². The van der Waals surface area contributed by atoms with Crippen LogP contribution in [0.3, 0.4) is 0 Å². The maximum Gasteiger partial charge on any atom is 0.408 e. The number of likely N-dealkylation sites (tertiary alicyclic amines) is 1. The zero-order chi connectivity index (χ0) is 30.2. The van der Waals surface area contributed by atoms with Gasteiger partial charge in [-0.3, -0.25) is 9.59 Å². The Morgan fingerprint density at radius 1 is 1.20 bits per heavy atom. The second-order valence-corrected chi connectivity index (χ2v) is 12.6. The zero-order valence-corrected chi connectivity index (χ0v) is 25.4. The number of hydrogen-bond acceptors (Lipinski definition) is 8. The van der Waals surface area contributed by atoms with E-state index in [0.717, 1.165) is 57.8 Å². The van der Waals surface area contributed by atoms with Gasteiger partial charge in [-0.05, 0) is 81.4 Å². The van der Waals surface area contributed by atoms with Crippen LogP contribution in [0.5, 0.6) is 5.75 Å². The smallest absolute Gasteiger partial charge is 0.408 e. The molecule has 2 aliphatic rings. The minimum absolute atomic E-state index is 0.00549. The van der Waals surface area contributed by atoms with E-state index in [2.05, 4.69) is 15.3 Å². The fourth-order valence-electron chi connectivity index (χ4n) is 6.33. The Bertz CT molecular complexity index is 1090. The number of nitrogens with zero attached hydrogens (tertiary/aromatic N) is 3. The first-order valence-corrected chi connectivity index (χ1v) is 15.2. The molecule has 0 radical (unpaired) electrons. The first kappa shape index (κ1) is 32.3. The fourth-order valence-corrected chi connectivity index (χ4v) is 6.33. The normalized spacial score (nSPS) is 23.6. The number of nitrogens with two attached hydrogens (primary N) is 1. The molecule has 1 unspecified atom stereocenters. The largest absolute Gasteiger partial charge is 0.504 e. The average Bonchev–Trinajstić information content (AvgIpc) is 3.54. The lowest BCUT2D eigenvalue weighted by molar-refractivity contribution is -0.141. The summed E-state index contributed by atoms with van der Waals surface area (Å²) in [6.07, 6.45) is 12.5. The molecule has 2 amide bonds. The Morgan fingerprint density at radius 3 is 2.61 bits per heavy atom. The highest BCUT2D eigenvalue weighted by Crippen LogP contribution is 2.34. The lowest BCUT2D eigenvalue weighted by atomic mass is 9.85. The monoisotopic (exact) mass is 571 g/mol. The molecule has 10 nitrogen and oxygen atoms in total. The number of aryl methyl sites for hydroxylation is 1. The van der Waals surface area contributed by atoms with Crippen LogP contribution in [0.4, 0.5) is 4.79 Å². The number of ether oxygens (including phenoxy) is 1. The van der Waals surface area contributed by atoms with Crippen LogP contribution in [0, 0.1) is 17.3 Å². The standard InChI is InChI=1S/C31H49N5O5/c1-6-21-16-18-36(27(21)20(2)37)29(39)28(31(3,4)5)35-30(40)41-25-14-10-12-22(25)11-8-7-9-13-23-24(38)19-33-26(34-23)15-17-32/h15,17,19,21-22,25,27-28,38H,6-14,16,18,32H2,1-5H3,(H,35,40)/t21-,22-,25?,27-,28-/m1/s1. The van der Waals surface area contributed by atoms with Gasteiger partial charge in [0, 0.05) is 6.54 Å². The van der Waals surface area contributed by atoms with E-state index in [1.54, 1.807) is 17.9 Å². The van der Waals surface area contributed by atoms with Crippen LogP contribution in [0.15, 0.2) is 12.4 Å². The summed E-state index contributed by atoms with van der Waals surface area (Å²) in [7, 11) is 0. The van der Waals surface area contributed by atoms with Crippen molar-refractivity contribution < 1.29 is 24.2 Å². The summed E-state index contributed by atoms with van der Waals surface area (Å²) < 4.78 is 5.90. The van der Waals surface area contributed by atoms with Crippen molar-refractivity contribution in [3.8, 4) is 5.75 Å². The Balaban J connectivity index is 1.51. The molecule has 1 saturated carbocycles. The van der Waals surface area contributed by atoms with Crippen molar-refractivity contribution in [3.05, 3.63) is 23.9 Å². The third kappa shape index (κ3) is 8.66. The predicted molar refractivity (Wildman–Crippen MR) is 158 cm³/mol. The highest BCUT2D eigenvalue weighted by Gasteiger charge is 2.44. The maximum atomic E-state index is 13.7. The van der Waals surface area contributed by atoms with Gasteiger partial charge in [0.05, 0.1) is 17.9 Å². The molecule has 0 spiro atoms. The van der Waals surface area contributed by atoms with E-state index < -0.39 is 23.6 Å². The second-order valence-electron chi connectivity index (χ2n) is 12.6. The predicted octanol–water partition coefficient (Wildman–Crippen LogP) is 4.74. The van der Waals surface area contributed by atoms with Gasteiger partial charge < -0.3 is 25.8 Å². The molecule has 0 bridgehead atoms. The minimum Gasteiger partial charge on any atom is -0.504 e. The molecule has 0 aromatic carbocycles. The molecular weight excluding hydrogens is 522 g/mol. The van der Waals surface area contributed by atoms with E-state index in [4.69, 9.17) is 10.5 Å². The number of rotatable bonds is 12. The molecule has 1 aliphatic heterocycles. The van der Waals surface area contributed by atoms with E-state index in [1.807, 2.05) is 27.7 Å². The van der Waals surface area contributed by atoms with Crippen LogP contribution in [0.25, 0.3) is 6.08 Å². The number of hydrogen-bond donors (Lipinski definition) is 3. The number of carbonyl (C=O) groups excluding carboxylic acids is 3. The van der Waals surface area contributed by atoms with Gasteiger partial charge >= 0.3 is 6.09 Å². The molecule has 2 heterocycles. The molecule has 5 atom stereocenters. The summed E-state index contributed by atoms with van der Waals surface area (Å²) >= 11 is 0. The van der Waals surface area contributed by atoms with Crippen molar-refractivity contribution in [2.75, 3.05) is 6.54 Å². The fraction of sp³-hybridized carbons (Fsp3) is 0.710. The van der Waals surface area contributed by atoms with E-state index in [9.17, 15) is 19.5 Å². The topological polar surface area (TPSA) is 148 Å². The summed E-state index contributed by atoms with van der Waals surface area (Å²) in [5.74, 6) is 0.783. The lowest BCUT2D eigenvalue weighted by Crippen LogP contribution is -2.57. The van der Waals surface area contributed by atoms with Crippen molar-refractivity contribution in [1.29, 1.82) is 0 Å². The van der Waals surface area contributed by atoms with Crippen molar-refractivity contribution >= 4 is 23.9 Å². The molecule has 4 N–H and O–H groups in total. The van der Waals surface area contributed by atoms with E-state index in [1.165, 1.54) is 12.4 Å². The van der Waals surface area contributed by atoms with Crippen molar-refractivity contribution in [1.82, 2.24) is 20.2 Å². The van der Waals surface area contributed by atoms with Crippen LogP contribution in [0.1, 0.15) is 104 Å². The first-order valence-electron chi connectivity index (χ1n) is 15.2. The number of alkyl carbamates (subject to hydrolysis) is 1. The summed E-state index contributed by atoms with van der Waals surface area (Å²) in [5, 5.41) is 12.9. The number of ketones is 1. The van der Waals surface area contributed by atoms with Gasteiger partial charge in [0.25, 0.3) is 0 Å². The highest BCUT2D eigenvalue weighted by atomic mass is 16.6. The third-order valence-corrected chi connectivity index (χ3v) is 8.57. The van der Waals surface area contributed by atoms with Gasteiger partial charge in [0.2, 0.25) is 5.91 Å². The molecule has 3 rings (SSSR count). The molecule has 1 saturated heterocycles. The lowest BCUT2D eigenvalue weighted by Gasteiger charge is -2.36. The van der Waals surface area contributed by atoms with E-state index in [-0.39, 0.29) is 35.4 Å². The second kappa shape index (κ2) is 14.6. The van der Waals surface area contributed by atoms with Gasteiger partial charge in [0.1, 0.15) is 12.1 Å². The Hall–Kier alpha value is -3.17. The highest BCUT2D eigenvalue weighted by molar-refractivity contribution is 5.92. The molecule has 1 aliphatic carbocycles. The number of amides is 2. The van der Waals surface area contributed by atoms with Crippen LogP contribution in [-0.4, -0.2) is 62.5 Å². The van der Waals surface area contributed by atoms with Crippen LogP contribution < -0.4 is 11.1 Å². The number of aromatic nitrogens is 2. The Morgan fingerprint density at radius 2 is 1.95 bits per heavy atom. The number of aromatic hydroxyl groups is 1. The zero-order valence-electron chi connectivity index (χ0n) is 25.4. The SMILES string of the molecule is CC[C@@H]1CCN(C(=O)[C@@H](NC(=O)OC2CCC[C@H]2CCCCCc2nc(C=CN)ncc2O)C(C)(C)C)[C@@H]1C(C)=O. The van der Waals surface area contributed by atoms with E-state index in [0.29, 0.717) is 24.5 Å². The summed E-state index contributed by atoms with van der Waals surface area (Å²) in [6, 6.07) is -1.22. The molecule has 10 heteroatoms. The van der Waals surface area contributed by atoms with Crippen molar-refractivity contribution in [2.45, 2.75) is 117 Å². The van der Waals surface area contributed by atoms with E-state index >= 15 is 0 Å². The van der Waals surface area contributed by atoms with Gasteiger partial charge in [-0.25, -0.2) is 14.8 Å². The molecule has 2 fully saturated rings. The molecule has 1 aromatic heterocycles. The number of unbranched alkanes of at least 4 members (excludes halogenated alkanes) is 2. The maximum absolute atomic E-state index is 13.7.